The first-order valence-corrected chi connectivity index (χ1v) is 42.8. The van der Waals surface area contributed by atoms with Crippen molar-refractivity contribution >= 4 is 77.0 Å². The molecule has 41 heteroatoms. The van der Waals surface area contributed by atoms with E-state index in [1.165, 1.54) is 87.7 Å². The molecule has 9 aromatic rings. The largest absolute Gasteiger partial charge is 0.480 e. The standard InChI is InChI=1S/C87H116N26O15/c1-46(2)19-63(103-80(119)68(24-51-31-88-39-95-51)111-85(124)73(29-56-36-93-44-100-56)108-79(118)67(23-50(9)10)113-87(127)128-38-62-60-17-13-11-15-58(60)59-16-12-14-18-61(59)62)75(114)102-64(20-47(3)4)76(115)106-71(27-54-34-91-42-98-54)83(122)109-69(25-52-32-89-40-96-52)81(120)104-65(21-48(5)6)77(116)107-72(28-55-35-92-43-99-55)84(123)110-70(26-53-33-90-41-97-53)82(121)105-66(22-49(7)8)78(117)112-74(86(125)126)30-57-37-94-45-101-57/h11-18,31-37,39-50,62-74H,19-30,38H2,1-10H3,(H,88,95)(H,89,96)(H,90,97)(H,91,98)(H,92,99)(H,93,100)(H,94,101)(H,102,114)(H,103,119)(H,104,120)(H,105,121)(H,106,115)(H,107,116)(H,108,118)(H,109,122)(H,110,123)(H,111,124)(H,112,117)(H,113,127)(H,125,126)/t63-,64-,65-,66-,67-,68-,69-,70-,71-,72-,73-,74-/m0/s1. The Balaban J connectivity index is 0.832. The lowest BCUT2D eigenvalue weighted by Crippen LogP contribution is -2.62. The van der Waals surface area contributed by atoms with Crippen LogP contribution in [0.1, 0.15) is 158 Å². The topological polar surface area (TPSA) is 596 Å². The quantitative estimate of drug-likeness (QED) is 0.0260. The number of imidazole rings is 7. The van der Waals surface area contributed by atoms with Crippen molar-refractivity contribution in [3.05, 3.63) is 187 Å². The van der Waals surface area contributed by atoms with Gasteiger partial charge in [0.15, 0.2) is 0 Å². The zero-order valence-electron chi connectivity index (χ0n) is 73.1. The van der Waals surface area contributed by atoms with Crippen LogP contribution in [0.5, 0.6) is 0 Å². The molecule has 0 fully saturated rings. The third kappa shape index (κ3) is 28.9. The van der Waals surface area contributed by atoms with Gasteiger partial charge in [-0.3, -0.25) is 52.7 Å². The van der Waals surface area contributed by atoms with Crippen molar-refractivity contribution < 1.29 is 72.2 Å². The van der Waals surface area contributed by atoms with Crippen molar-refractivity contribution in [2.75, 3.05) is 6.61 Å². The van der Waals surface area contributed by atoms with Crippen molar-refractivity contribution in [3.63, 3.8) is 0 Å². The van der Waals surface area contributed by atoms with Gasteiger partial charge in [-0.15, -0.1) is 0 Å². The van der Waals surface area contributed by atoms with Crippen LogP contribution < -0.4 is 63.8 Å². The van der Waals surface area contributed by atoms with E-state index in [0.717, 1.165) is 22.3 Å². The van der Waals surface area contributed by atoms with Gasteiger partial charge in [0.25, 0.3) is 0 Å². The summed E-state index contributed by atoms with van der Waals surface area (Å²) in [5, 5.41) is 43.1. The van der Waals surface area contributed by atoms with Gasteiger partial charge in [-0.25, -0.2) is 44.5 Å². The molecule has 7 heterocycles. The first-order chi connectivity index (χ1) is 61.3. The number of benzene rings is 2. The maximum absolute atomic E-state index is 15.2. The fourth-order valence-corrected chi connectivity index (χ4v) is 15.0. The van der Waals surface area contributed by atoms with Crippen LogP contribution in [0.3, 0.4) is 0 Å². The Labute approximate surface area is 738 Å². The minimum atomic E-state index is -1.55. The van der Waals surface area contributed by atoms with Crippen molar-refractivity contribution in [1.82, 2.24) is 134 Å². The van der Waals surface area contributed by atoms with E-state index in [1.807, 2.05) is 62.4 Å². The number of hydrogen-bond donors (Lipinski definition) is 20. The molecule has 7 aromatic heterocycles. The van der Waals surface area contributed by atoms with Gasteiger partial charge in [0.05, 0.1) is 84.1 Å². The smallest absolute Gasteiger partial charge is 0.407 e. The van der Waals surface area contributed by atoms with E-state index in [9.17, 15) is 38.7 Å². The maximum Gasteiger partial charge on any atom is 0.407 e. The van der Waals surface area contributed by atoms with Gasteiger partial charge in [-0.05, 0) is 83.9 Å². The number of aliphatic carboxylic acids is 1. The summed E-state index contributed by atoms with van der Waals surface area (Å²) in [6.07, 6.45) is 17.6. The number of carbonyl (C=O) groups excluding carboxylic acids is 12. The molecule has 0 saturated carbocycles. The number of aromatic amines is 7. The SMILES string of the molecule is CC(C)C[C@H](NC(=O)OCC1c2ccccc2-c2ccccc21)C(=O)N[C@@H](Cc1c[nH]cn1)C(=O)N[C@@H](Cc1c[nH]cn1)C(=O)N[C@@H](CC(C)C)C(=O)N[C@@H](CC(C)C)C(=O)N[C@@H](Cc1c[nH]cn1)C(=O)N[C@@H](Cc1c[nH]cn1)C(=O)N[C@@H](CC(C)C)C(=O)N[C@@H](Cc1c[nH]cn1)C(=O)N[C@@H](Cc1c[nH]cn1)C(=O)N[C@@H](CC(C)C)C(=O)N[C@@H](Cc1c[nH]cn1)C(=O)O. The van der Waals surface area contributed by atoms with Gasteiger partial charge < -0.3 is 109 Å². The molecule has 684 valence electrons. The molecule has 0 spiro atoms. The summed E-state index contributed by atoms with van der Waals surface area (Å²) in [4.78, 5) is 239. The van der Waals surface area contributed by atoms with Crippen LogP contribution in [0, 0.1) is 29.6 Å². The molecular formula is C87H116N26O15. The van der Waals surface area contributed by atoms with Gasteiger partial charge in [0, 0.05) is 94.2 Å². The first kappa shape index (κ1) is 96.0. The highest BCUT2D eigenvalue weighted by atomic mass is 16.5. The molecule has 41 nitrogen and oxygen atoms in total. The normalized spacial score (nSPS) is 14.6. The van der Waals surface area contributed by atoms with Gasteiger partial charge in [-0.2, -0.15) is 0 Å². The highest BCUT2D eigenvalue weighted by Crippen LogP contribution is 2.44. The van der Waals surface area contributed by atoms with E-state index in [-0.39, 0.29) is 131 Å². The fourth-order valence-electron chi connectivity index (χ4n) is 15.0. The van der Waals surface area contributed by atoms with Crippen LogP contribution in [0.2, 0.25) is 0 Å². The van der Waals surface area contributed by atoms with Gasteiger partial charge >= 0.3 is 12.1 Å². The molecule has 2 aromatic carbocycles. The lowest BCUT2D eigenvalue weighted by Gasteiger charge is -2.29. The lowest BCUT2D eigenvalue weighted by atomic mass is 9.98. The predicted octanol–water partition coefficient (Wildman–Crippen LogP) is 2.30. The highest BCUT2D eigenvalue weighted by molar-refractivity contribution is 6.00. The number of hydrogen-bond acceptors (Lipinski definition) is 21. The Morgan fingerprint density at radius 3 is 0.672 bits per heavy atom. The van der Waals surface area contributed by atoms with Crippen LogP contribution >= 0.6 is 0 Å². The second-order valence-corrected chi connectivity index (χ2v) is 34.0. The molecule has 0 saturated heterocycles. The number of ether oxygens (including phenoxy) is 1. The van der Waals surface area contributed by atoms with E-state index >= 15 is 28.8 Å². The van der Waals surface area contributed by atoms with E-state index in [4.69, 9.17) is 4.74 Å². The number of alkyl carbamates (subject to hydrolysis) is 1. The van der Waals surface area contributed by atoms with Crippen LogP contribution in [0.15, 0.2) is 136 Å². The Morgan fingerprint density at radius 1 is 0.281 bits per heavy atom. The van der Waals surface area contributed by atoms with Crippen molar-refractivity contribution in [3.8, 4) is 11.1 Å². The Morgan fingerprint density at radius 2 is 0.469 bits per heavy atom. The van der Waals surface area contributed by atoms with Gasteiger partial charge in [0.2, 0.25) is 65.0 Å². The fraction of sp³-hybridized carbons (Fsp3) is 0.471. The molecule has 128 heavy (non-hydrogen) atoms. The molecular weight excluding hydrogens is 1650 g/mol. The van der Waals surface area contributed by atoms with Gasteiger partial charge in [0.1, 0.15) is 79.1 Å². The molecule has 0 radical (unpaired) electrons. The maximum atomic E-state index is 15.2. The Bertz CT molecular complexity index is 5050. The third-order valence-electron chi connectivity index (χ3n) is 21.2. The average molecular weight is 1770 g/mol. The molecule has 20 N–H and O–H groups in total. The molecule has 0 unspecified atom stereocenters. The van der Waals surface area contributed by atoms with Crippen LogP contribution in [0.25, 0.3) is 11.1 Å². The van der Waals surface area contributed by atoms with E-state index < -0.39 is 150 Å². The molecule has 1 aliphatic carbocycles. The predicted molar refractivity (Wildman–Crippen MR) is 464 cm³/mol. The number of nitrogens with one attached hydrogen (secondary N) is 19. The second-order valence-electron chi connectivity index (χ2n) is 34.0. The number of aromatic nitrogens is 14. The number of H-pyrrole nitrogens is 7. The highest BCUT2D eigenvalue weighted by Gasteiger charge is 2.40. The Hall–Kier alpha value is -14.2. The molecule has 0 aliphatic heterocycles. The lowest BCUT2D eigenvalue weighted by molar-refractivity contribution is -0.142. The molecule has 12 amide bonds. The van der Waals surface area contributed by atoms with Crippen molar-refractivity contribution in [2.24, 2.45) is 29.6 Å². The second kappa shape index (κ2) is 46.7. The summed E-state index contributed by atoms with van der Waals surface area (Å²) in [7, 11) is 0. The van der Waals surface area contributed by atoms with Crippen molar-refractivity contribution in [1.29, 1.82) is 0 Å². The number of rotatable bonds is 50. The summed E-state index contributed by atoms with van der Waals surface area (Å²) in [6, 6.07) is -1.41. The van der Waals surface area contributed by atoms with Gasteiger partial charge in [-0.1, -0.05) is 118 Å². The summed E-state index contributed by atoms with van der Waals surface area (Å²) in [6.45, 7) is 18.1. The first-order valence-electron chi connectivity index (χ1n) is 42.8. The van der Waals surface area contributed by atoms with E-state index in [0.29, 0.717) is 28.5 Å². The number of nitrogens with zero attached hydrogens (tertiary/aromatic N) is 7. The van der Waals surface area contributed by atoms with E-state index in [1.54, 1.807) is 55.4 Å². The minimum absolute atomic E-state index is 0.000363. The number of amides is 12. The molecule has 1 aliphatic rings. The average Bonchev–Trinajstić information content (AvgIpc) is 1.61. The van der Waals surface area contributed by atoms with E-state index in [2.05, 4.69) is 134 Å². The third-order valence-corrected chi connectivity index (χ3v) is 21.2. The van der Waals surface area contributed by atoms with Crippen molar-refractivity contribution in [2.45, 2.75) is 225 Å². The summed E-state index contributed by atoms with van der Waals surface area (Å²) in [5.41, 5.74) is 6.26. The molecule has 10 rings (SSSR count). The number of carbonyl (C=O) groups is 13. The van der Waals surface area contributed by atoms with Crippen LogP contribution in [-0.4, -0.2) is 231 Å². The summed E-state index contributed by atoms with van der Waals surface area (Å²) in [5.74, 6) is -12.3. The number of carboxylic acids is 1. The number of carboxylic acid groups (broad SMARTS) is 1. The van der Waals surface area contributed by atoms with Crippen LogP contribution in [0.4, 0.5) is 4.79 Å². The van der Waals surface area contributed by atoms with Crippen LogP contribution in [-0.2, 0) is 107 Å². The Kier molecular flexibility index (Phi) is 35.0. The number of fused-ring (bicyclic) bond motifs is 3. The summed E-state index contributed by atoms with van der Waals surface area (Å²) < 4.78 is 5.85. The minimum Gasteiger partial charge on any atom is -0.480 e. The zero-order chi connectivity index (χ0) is 92.1. The zero-order valence-corrected chi connectivity index (χ0v) is 73.1. The monoisotopic (exact) mass is 1760 g/mol. The molecule has 0 bridgehead atoms. The summed E-state index contributed by atoms with van der Waals surface area (Å²) >= 11 is 0. The molecule has 12 atom stereocenters.